The smallest absolute Gasteiger partial charge is 0.206 e. The van der Waals surface area contributed by atoms with E-state index in [-0.39, 0.29) is 11.3 Å². The molecule has 0 nitrogen and oxygen atoms in total. The van der Waals surface area contributed by atoms with Gasteiger partial charge in [0.25, 0.3) is 0 Å². The van der Waals surface area contributed by atoms with Crippen molar-refractivity contribution in [2.24, 2.45) is 0 Å². The number of rotatable bonds is 2. The first-order valence-corrected chi connectivity index (χ1v) is 9.88. The average molecular weight is 414 g/mol. The number of hydrogen-bond acceptors (Lipinski definition) is 0. The molecular weight excluding hydrogens is 395 g/mol. The normalized spacial score (nSPS) is 19.4. The van der Waals surface area contributed by atoms with E-state index < -0.39 is 23.4 Å². The quantitative estimate of drug-likeness (QED) is 0.301. The average Bonchev–Trinajstić information content (AvgIpc) is 2.73. The van der Waals surface area contributed by atoms with Gasteiger partial charge >= 0.3 is 6.18 Å². The van der Waals surface area contributed by atoms with Crippen LogP contribution in [0.5, 0.6) is 0 Å². The molecule has 0 N–H and O–H groups in total. The molecule has 0 aliphatic heterocycles. The van der Waals surface area contributed by atoms with Crippen molar-refractivity contribution in [2.45, 2.75) is 43.7 Å². The van der Waals surface area contributed by atoms with E-state index in [1.807, 2.05) is 18.2 Å². The van der Waals surface area contributed by atoms with Gasteiger partial charge in [0.2, 0.25) is 0 Å². The van der Waals surface area contributed by atoms with E-state index >= 15 is 0 Å². The Morgan fingerprint density at radius 2 is 1.40 bits per heavy atom. The summed E-state index contributed by atoms with van der Waals surface area (Å²) in [4.78, 5) is 0. The highest BCUT2D eigenvalue weighted by atomic mass is 19.4. The van der Waals surface area contributed by atoms with Gasteiger partial charge in [-0.3, -0.25) is 0 Å². The summed E-state index contributed by atoms with van der Waals surface area (Å²) in [5, 5.41) is 0.0240. The fourth-order valence-electron chi connectivity index (χ4n) is 4.35. The maximum Gasteiger partial charge on any atom is 0.458 e. The summed E-state index contributed by atoms with van der Waals surface area (Å²) < 4.78 is 66.2. The molecule has 0 spiro atoms. The van der Waals surface area contributed by atoms with Gasteiger partial charge in [0, 0.05) is 5.92 Å². The Morgan fingerprint density at radius 3 is 2.03 bits per heavy atom. The minimum absolute atomic E-state index is 0.177. The van der Waals surface area contributed by atoms with E-state index in [2.05, 4.69) is 12.1 Å². The van der Waals surface area contributed by atoms with Crippen LogP contribution in [0.3, 0.4) is 0 Å². The molecule has 0 amide bonds. The first-order valence-electron chi connectivity index (χ1n) is 9.88. The Labute approximate surface area is 171 Å². The molecule has 0 radical (unpaired) electrons. The van der Waals surface area contributed by atoms with Crippen molar-refractivity contribution in [3.8, 4) is 11.8 Å². The summed E-state index contributed by atoms with van der Waals surface area (Å²) in [6.07, 6.45) is -0.935. The molecule has 3 aromatic carbocycles. The van der Waals surface area contributed by atoms with E-state index in [4.69, 9.17) is 0 Å². The van der Waals surface area contributed by atoms with Gasteiger partial charge in [-0.15, -0.1) is 0 Å². The SMILES string of the molecule is Fc1cc(C2CCC(c3ccccc3)CC2)cc2ccc(C#CC(F)(F)F)c(F)c12. The van der Waals surface area contributed by atoms with Crippen LogP contribution >= 0.6 is 0 Å². The Balaban J connectivity index is 1.59. The predicted molar refractivity (Wildman–Crippen MR) is 107 cm³/mol. The van der Waals surface area contributed by atoms with Gasteiger partial charge < -0.3 is 0 Å². The highest BCUT2D eigenvalue weighted by Gasteiger charge is 2.25. The highest BCUT2D eigenvalue weighted by Crippen LogP contribution is 2.41. The van der Waals surface area contributed by atoms with Crippen molar-refractivity contribution in [1.82, 2.24) is 0 Å². The molecular formula is C25H19F5. The predicted octanol–water partition coefficient (Wildman–Crippen LogP) is 7.47. The van der Waals surface area contributed by atoms with Crippen LogP contribution in [0.4, 0.5) is 22.0 Å². The van der Waals surface area contributed by atoms with Crippen LogP contribution in [0.25, 0.3) is 10.8 Å². The van der Waals surface area contributed by atoms with Crippen LogP contribution in [-0.2, 0) is 0 Å². The maximum atomic E-state index is 14.7. The number of halogens is 5. The van der Waals surface area contributed by atoms with Crippen LogP contribution in [0.2, 0.25) is 0 Å². The van der Waals surface area contributed by atoms with Crippen molar-refractivity contribution in [3.63, 3.8) is 0 Å². The van der Waals surface area contributed by atoms with Gasteiger partial charge in [-0.05, 0) is 66.2 Å². The monoisotopic (exact) mass is 414 g/mol. The zero-order valence-corrected chi connectivity index (χ0v) is 16.1. The van der Waals surface area contributed by atoms with E-state index in [0.717, 1.165) is 37.2 Å². The highest BCUT2D eigenvalue weighted by molar-refractivity contribution is 5.86. The number of fused-ring (bicyclic) bond motifs is 1. The molecule has 1 aliphatic carbocycles. The van der Waals surface area contributed by atoms with Crippen LogP contribution < -0.4 is 0 Å². The molecule has 0 bridgehead atoms. The van der Waals surface area contributed by atoms with Crippen molar-refractivity contribution in [1.29, 1.82) is 0 Å². The van der Waals surface area contributed by atoms with Gasteiger partial charge in [0.1, 0.15) is 11.6 Å². The molecule has 1 aliphatic rings. The van der Waals surface area contributed by atoms with Crippen LogP contribution in [0.15, 0.2) is 54.6 Å². The summed E-state index contributed by atoms with van der Waals surface area (Å²) in [6.45, 7) is 0. The third kappa shape index (κ3) is 4.33. The Bertz CT molecular complexity index is 1110. The van der Waals surface area contributed by atoms with E-state index in [1.54, 1.807) is 12.0 Å². The standard InChI is InChI=1S/C25H19F5/c26-22-15-21(18-8-6-17(7-9-18)16-4-2-1-3-5-16)14-20-11-10-19(24(27)23(20)22)12-13-25(28,29)30/h1-5,10-11,14-15,17-18H,6-9H2. The van der Waals surface area contributed by atoms with Gasteiger partial charge in [-0.25, -0.2) is 8.78 Å². The van der Waals surface area contributed by atoms with E-state index in [9.17, 15) is 22.0 Å². The molecule has 5 heteroatoms. The summed E-state index contributed by atoms with van der Waals surface area (Å²) in [5.41, 5.74) is 1.66. The molecule has 0 unspecified atom stereocenters. The minimum atomic E-state index is -4.73. The third-order valence-corrected chi connectivity index (χ3v) is 5.84. The topological polar surface area (TPSA) is 0 Å². The first-order chi connectivity index (χ1) is 14.3. The van der Waals surface area contributed by atoms with Crippen LogP contribution in [-0.4, -0.2) is 6.18 Å². The fraction of sp³-hybridized carbons (Fsp3) is 0.280. The van der Waals surface area contributed by atoms with Crippen LogP contribution in [0, 0.1) is 23.5 Å². The largest absolute Gasteiger partial charge is 0.458 e. The van der Waals surface area contributed by atoms with Gasteiger partial charge in [0.15, 0.2) is 0 Å². The lowest BCUT2D eigenvalue weighted by Crippen LogP contribution is -2.12. The first kappa shape index (κ1) is 20.4. The lowest BCUT2D eigenvalue weighted by Gasteiger charge is -2.29. The molecule has 4 rings (SSSR count). The van der Waals surface area contributed by atoms with E-state index in [1.165, 1.54) is 23.8 Å². The second kappa shape index (κ2) is 8.10. The zero-order valence-electron chi connectivity index (χ0n) is 16.1. The molecule has 1 saturated carbocycles. The zero-order chi connectivity index (χ0) is 21.3. The van der Waals surface area contributed by atoms with Crippen molar-refractivity contribution < 1.29 is 22.0 Å². The molecule has 1 fully saturated rings. The Hall–Kier alpha value is -2.87. The van der Waals surface area contributed by atoms with Crippen molar-refractivity contribution in [3.05, 3.63) is 82.9 Å². The van der Waals surface area contributed by atoms with Gasteiger partial charge in [-0.2, -0.15) is 13.2 Å². The Kier molecular flexibility index (Phi) is 5.51. The summed E-state index contributed by atoms with van der Waals surface area (Å²) in [7, 11) is 0. The van der Waals surface area contributed by atoms with Gasteiger partial charge in [0.05, 0.1) is 10.9 Å². The number of alkyl halides is 3. The van der Waals surface area contributed by atoms with Crippen molar-refractivity contribution >= 4 is 10.8 Å². The number of hydrogen-bond donors (Lipinski definition) is 0. The second-order valence-electron chi connectivity index (χ2n) is 7.73. The number of benzene rings is 3. The van der Waals surface area contributed by atoms with E-state index in [0.29, 0.717) is 11.3 Å². The summed E-state index contributed by atoms with van der Waals surface area (Å²) in [6, 6.07) is 16.0. The molecule has 0 saturated heterocycles. The molecule has 3 aromatic rings. The lowest BCUT2D eigenvalue weighted by molar-refractivity contribution is -0.0696. The molecule has 0 aromatic heterocycles. The molecule has 154 valence electrons. The lowest BCUT2D eigenvalue weighted by atomic mass is 9.76. The second-order valence-corrected chi connectivity index (χ2v) is 7.73. The molecule has 0 heterocycles. The van der Waals surface area contributed by atoms with Crippen LogP contribution in [0.1, 0.15) is 54.2 Å². The molecule has 30 heavy (non-hydrogen) atoms. The van der Waals surface area contributed by atoms with Crippen molar-refractivity contribution in [2.75, 3.05) is 0 Å². The molecule has 0 atom stereocenters. The minimum Gasteiger partial charge on any atom is -0.206 e. The van der Waals surface area contributed by atoms with Gasteiger partial charge in [-0.1, -0.05) is 48.4 Å². The third-order valence-electron chi connectivity index (χ3n) is 5.84. The summed E-state index contributed by atoms with van der Waals surface area (Å²) in [5.74, 6) is 1.63. The Morgan fingerprint density at radius 1 is 0.767 bits per heavy atom. The maximum absolute atomic E-state index is 14.7. The fourth-order valence-corrected chi connectivity index (χ4v) is 4.35. The summed E-state index contributed by atoms with van der Waals surface area (Å²) >= 11 is 0.